The topological polar surface area (TPSA) is 44.5 Å². The third-order valence-corrected chi connectivity index (χ3v) is 4.11. The molecule has 0 fully saturated rings. The van der Waals surface area contributed by atoms with Gasteiger partial charge in [0.25, 0.3) is 0 Å². The van der Waals surface area contributed by atoms with Gasteiger partial charge in [0.05, 0.1) is 14.2 Å². The monoisotopic (exact) mass is 325 g/mol. The molecule has 4 heteroatoms. The summed E-state index contributed by atoms with van der Waals surface area (Å²) in [5.41, 5.74) is 10.1. The first-order chi connectivity index (χ1) is 11.6. The molecule has 3 nitrogen and oxygen atoms in total. The third-order valence-electron chi connectivity index (χ3n) is 4.11. The van der Waals surface area contributed by atoms with Crippen molar-refractivity contribution in [2.45, 2.75) is 12.5 Å². The first-order valence-corrected chi connectivity index (χ1v) is 7.78. The van der Waals surface area contributed by atoms with E-state index in [1.165, 1.54) is 12.1 Å². The van der Waals surface area contributed by atoms with E-state index in [4.69, 9.17) is 15.2 Å². The Hall–Kier alpha value is -2.59. The van der Waals surface area contributed by atoms with Crippen LogP contribution in [0.15, 0.2) is 54.6 Å². The van der Waals surface area contributed by atoms with Crippen LogP contribution in [0.25, 0.3) is 11.1 Å². The summed E-state index contributed by atoms with van der Waals surface area (Å²) in [6.07, 6.45) is 4.90. The van der Waals surface area contributed by atoms with Gasteiger partial charge in [-0.3, -0.25) is 0 Å². The normalized spacial score (nSPS) is 17.1. The van der Waals surface area contributed by atoms with Crippen LogP contribution in [-0.2, 0) is 0 Å². The standard InChI is InChI=1S/C20H20FNO2/c1-23-19-10-5-14(11-20(19)24-2)17-9-8-16(22)12-18(17)13-3-6-15(21)7-4-13/h3-7,9-12,16H,8,22H2,1-2H3. The van der Waals surface area contributed by atoms with E-state index >= 15 is 0 Å². The van der Waals surface area contributed by atoms with Crippen LogP contribution in [0.3, 0.4) is 0 Å². The van der Waals surface area contributed by atoms with Crippen molar-refractivity contribution in [2.24, 2.45) is 5.73 Å². The van der Waals surface area contributed by atoms with Crippen molar-refractivity contribution in [3.8, 4) is 11.5 Å². The molecule has 1 atom stereocenters. The van der Waals surface area contributed by atoms with E-state index < -0.39 is 0 Å². The second kappa shape index (κ2) is 6.89. The number of benzene rings is 2. The number of hydrogen-bond donors (Lipinski definition) is 1. The summed E-state index contributed by atoms with van der Waals surface area (Å²) in [5, 5.41) is 0. The Balaban J connectivity index is 2.05. The van der Waals surface area contributed by atoms with Crippen LogP contribution in [-0.4, -0.2) is 20.3 Å². The number of nitrogens with two attached hydrogens (primary N) is 1. The van der Waals surface area contributed by atoms with Gasteiger partial charge in [0.2, 0.25) is 0 Å². The molecule has 1 aliphatic carbocycles. The highest BCUT2D eigenvalue weighted by Crippen LogP contribution is 2.38. The molecule has 1 unspecified atom stereocenters. The van der Waals surface area contributed by atoms with Crippen molar-refractivity contribution >= 4 is 11.1 Å². The van der Waals surface area contributed by atoms with Crippen molar-refractivity contribution in [1.82, 2.24) is 0 Å². The summed E-state index contributed by atoms with van der Waals surface area (Å²) >= 11 is 0. The van der Waals surface area contributed by atoms with Crippen LogP contribution >= 0.6 is 0 Å². The van der Waals surface area contributed by atoms with Crippen LogP contribution < -0.4 is 15.2 Å². The van der Waals surface area contributed by atoms with Crippen LogP contribution in [0.1, 0.15) is 17.5 Å². The summed E-state index contributed by atoms with van der Waals surface area (Å²) in [5.74, 6) is 1.10. The van der Waals surface area contributed by atoms with E-state index in [0.29, 0.717) is 11.5 Å². The molecule has 0 radical (unpaired) electrons. The first kappa shape index (κ1) is 16.3. The SMILES string of the molecule is COc1ccc(C2=CCC(N)C=C2c2ccc(F)cc2)cc1OC. The molecule has 2 N–H and O–H groups in total. The van der Waals surface area contributed by atoms with E-state index in [2.05, 4.69) is 6.08 Å². The molecule has 2 aromatic carbocycles. The van der Waals surface area contributed by atoms with Gasteiger partial charge >= 0.3 is 0 Å². The zero-order valence-electron chi connectivity index (χ0n) is 13.8. The smallest absolute Gasteiger partial charge is 0.161 e. The van der Waals surface area contributed by atoms with Crippen molar-refractivity contribution in [3.05, 3.63) is 71.6 Å². The molecule has 1 aliphatic rings. The van der Waals surface area contributed by atoms with Crippen LogP contribution in [0.2, 0.25) is 0 Å². The number of ether oxygens (including phenoxy) is 2. The highest BCUT2D eigenvalue weighted by molar-refractivity contribution is 6.06. The number of rotatable bonds is 4. The van der Waals surface area contributed by atoms with Gasteiger partial charge in [-0.05, 0) is 53.0 Å². The number of methoxy groups -OCH3 is 2. The molecule has 0 saturated carbocycles. The minimum atomic E-state index is -0.254. The molecule has 0 aliphatic heterocycles. The Morgan fingerprint density at radius 3 is 2.25 bits per heavy atom. The molecule has 0 heterocycles. The molecule has 0 spiro atoms. The lowest BCUT2D eigenvalue weighted by Crippen LogP contribution is -2.19. The summed E-state index contributed by atoms with van der Waals surface area (Å²) in [6, 6.07) is 12.2. The Labute approximate surface area is 141 Å². The predicted octanol–water partition coefficient (Wildman–Crippen LogP) is 4.04. The van der Waals surface area contributed by atoms with Gasteiger partial charge < -0.3 is 15.2 Å². The highest BCUT2D eigenvalue weighted by atomic mass is 19.1. The average Bonchev–Trinajstić information content (AvgIpc) is 2.61. The summed E-state index contributed by atoms with van der Waals surface area (Å²) in [4.78, 5) is 0. The van der Waals surface area contributed by atoms with Crippen LogP contribution in [0, 0.1) is 5.82 Å². The van der Waals surface area contributed by atoms with Crippen LogP contribution in [0.5, 0.6) is 11.5 Å². The Kier molecular flexibility index (Phi) is 4.67. The van der Waals surface area contributed by atoms with Crippen molar-refractivity contribution in [3.63, 3.8) is 0 Å². The first-order valence-electron chi connectivity index (χ1n) is 7.78. The van der Waals surface area contributed by atoms with Gasteiger partial charge in [-0.25, -0.2) is 4.39 Å². The molecule has 24 heavy (non-hydrogen) atoms. The largest absolute Gasteiger partial charge is 0.493 e. The maximum absolute atomic E-state index is 13.2. The maximum atomic E-state index is 13.2. The Morgan fingerprint density at radius 2 is 1.58 bits per heavy atom. The number of hydrogen-bond acceptors (Lipinski definition) is 3. The minimum Gasteiger partial charge on any atom is -0.493 e. The van der Waals surface area contributed by atoms with Crippen molar-refractivity contribution in [1.29, 1.82) is 0 Å². The van der Waals surface area contributed by atoms with Gasteiger partial charge in [-0.15, -0.1) is 0 Å². The zero-order chi connectivity index (χ0) is 17.1. The van der Waals surface area contributed by atoms with E-state index in [1.807, 2.05) is 24.3 Å². The molecular weight excluding hydrogens is 305 g/mol. The van der Waals surface area contributed by atoms with Gasteiger partial charge in [-0.2, -0.15) is 0 Å². The van der Waals surface area contributed by atoms with E-state index in [0.717, 1.165) is 28.7 Å². The van der Waals surface area contributed by atoms with E-state index in [-0.39, 0.29) is 11.9 Å². The lowest BCUT2D eigenvalue weighted by Gasteiger charge is -2.21. The highest BCUT2D eigenvalue weighted by Gasteiger charge is 2.18. The van der Waals surface area contributed by atoms with E-state index in [1.54, 1.807) is 26.4 Å². The average molecular weight is 325 g/mol. The van der Waals surface area contributed by atoms with Gasteiger partial charge in [0.1, 0.15) is 5.82 Å². The second-order valence-electron chi connectivity index (χ2n) is 5.67. The molecule has 124 valence electrons. The van der Waals surface area contributed by atoms with E-state index in [9.17, 15) is 4.39 Å². The van der Waals surface area contributed by atoms with Gasteiger partial charge in [0.15, 0.2) is 11.5 Å². The number of halogens is 1. The van der Waals surface area contributed by atoms with Gasteiger partial charge in [-0.1, -0.05) is 30.4 Å². The summed E-state index contributed by atoms with van der Waals surface area (Å²) in [7, 11) is 3.23. The zero-order valence-corrected chi connectivity index (χ0v) is 13.8. The fourth-order valence-electron chi connectivity index (χ4n) is 2.89. The fourth-order valence-corrected chi connectivity index (χ4v) is 2.89. The predicted molar refractivity (Wildman–Crippen MR) is 94.5 cm³/mol. The van der Waals surface area contributed by atoms with Crippen molar-refractivity contribution < 1.29 is 13.9 Å². The van der Waals surface area contributed by atoms with Gasteiger partial charge in [0, 0.05) is 6.04 Å². The summed E-state index contributed by atoms with van der Waals surface area (Å²) in [6.45, 7) is 0. The molecule has 3 rings (SSSR count). The minimum absolute atomic E-state index is 0.0473. The second-order valence-corrected chi connectivity index (χ2v) is 5.67. The molecule has 0 bridgehead atoms. The Bertz CT molecular complexity index is 794. The molecular formula is C20H20FNO2. The lowest BCUT2D eigenvalue weighted by molar-refractivity contribution is 0.355. The van der Waals surface area contributed by atoms with Crippen LogP contribution in [0.4, 0.5) is 4.39 Å². The summed E-state index contributed by atoms with van der Waals surface area (Å²) < 4.78 is 23.9. The Morgan fingerprint density at radius 1 is 0.917 bits per heavy atom. The quantitative estimate of drug-likeness (QED) is 0.922. The maximum Gasteiger partial charge on any atom is 0.161 e. The number of allylic oxidation sites excluding steroid dienone is 2. The van der Waals surface area contributed by atoms with Crippen molar-refractivity contribution in [2.75, 3.05) is 14.2 Å². The molecule has 0 aromatic heterocycles. The fraction of sp³-hybridized carbons (Fsp3) is 0.200. The molecule has 0 saturated heterocycles. The third kappa shape index (κ3) is 3.19. The lowest BCUT2D eigenvalue weighted by atomic mass is 9.86. The molecule has 2 aromatic rings. The molecule has 0 amide bonds.